The van der Waals surface area contributed by atoms with Crippen LogP contribution in [0, 0.1) is 0 Å². The summed E-state index contributed by atoms with van der Waals surface area (Å²) in [6.07, 6.45) is 1.56. The molecule has 0 aliphatic heterocycles. The summed E-state index contributed by atoms with van der Waals surface area (Å²) in [4.78, 5) is 2.22. The monoisotopic (exact) mass is 205 g/mol. The number of rotatable bonds is 8. The minimum absolute atomic E-state index is 0.381. The van der Waals surface area contributed by atoms with Gasteiger partial charge in [-0.1, -0.05) is 0 Å². The SMILES string of the molecule is CC(C)OCCCSCCN(C)C. The van der Waals surface area contributed by atoms with E-state index >= 15 is 0 Å². The molecule has 0 heterocycles. The van der Waals surface area contributed by atoms with E-state index in [0.717, 1.165) is 6.61 Å². The van der Waals surface area contributed by atoms with Gasteiger partial charge in [-0.3, -0.25) is 0 Å². The van der Waals surface area contributed by atoms with Crippen molar-refractivity contribution in [1.82, 2.24) is 4.90 Å². The molecule has 0 aromatic rings. The van der Waals surface area contributed by atoms with Crippen molar-refractivity contribution in [2.24, 2.45) is 0 Å². The average Bonchev–Trinajstić information content (AvgIpc) is 2.01. The Hall–Kier alpha value is 0.270. The normalized spacial score (nSPS) is 11.5. The minimum Gasteiger partial charge on any atom is -0.379 e. The highest BCUT2D eigenvalue weighted by Crippen LogP contribution is 2.03. The summed E-state index contributed by atoms with van der Waals surface area (Å²) in [5.41, 5.74) is 0. The van der Waals surface area contributed by atoms with Crippen LogP contribution in [0.2, 0.25) is 0 Å². The van der Waals surface area contributed by atoms with Crippen LogP contribution in [0.3, 0.4) is 0 Å². The Balaban J connectivity index is 2.92. The Morgan fingerprint density at radius 2 is 1.92 bits per heavy atom. The number of hydrogen-bond acceptors (Lipinski definition) is 3. The van der Waals surface area contributed by atoms with Crippen molar-refractivity contribution < 1.29 is 4.74 Å². The smallest absolute Gasteiger partial charge is 0.0518 e. The summed E-state index contributed by atoms with van der Waals surface area (Å²) >= 11 is 2.01. The van der Waals surface area contributed by atoms with Gasteiger partial charge in [0.1, 0.15) is 0 Å². The van der Waals surface area contributed by atoms with E-state index < -0.39 is 0 Å². The first-order valence-corrected chi connectivity index (χ1v) is 6.12. The van der Waals surface area contributed by atoms with Crippen molar-refractivity contribution in [2.75, 3.05) is 38.8 Å². The van der Waals surface area contributed by atoms with Gasteiger partial charge in [-0.15, -0.1) is 0 Å². The Morgan fingerprint density at radius 1 is 1.23 bits per heavy atom. The summed E-state index contributed by atoms with van der Waals surface area (Å²) in [5, 5.41) is 0. The molecule has 13 heavy (non-hydrogen) atoms. The zero-order valence-corrected chi connectivity index (χ0v) is 10.2. The maximum atomic E-state index is 5.45. The van der Waals surface area contributed by atoms with Crippen LogP contribution in [0.25, 0.3) is 0 Å². The first-order chi connectivity index (χ1) is 6.13. The molecule has 3 heteroatoms. The maximum absolute atomic E-state index is 5.45. The third-order valence-electron chi connectivity index (χ3n) is 1.57. The first kappa shape index (κ1) is 13.3. The van der Waals surface area contributed by atoms with Gasteiger partial charge in [0.15, 0.2) is 0 Å². The molecule has 0 radical (unpaired) electrons. The molecule has 0 spiro atoms. The lowest BCUT2D eigenvalue weighted by atomic mass is 10.4. The van der Waals surface area contributed by atoms with Crippen molar-refractivity contribution in [3.8, 4) is 0 Å². The summed E-state index contributed by atoms with van der Waals surface area (Å²) in [7, 11) is 4.23. The quantitative estimate of drug-likeness (QED) is 0.563. The molecular weight excluding hydrogens is 182 g/mol. The van der Waals surface area contributed by atoms with Crippen molar-refractivity contribution in [3.63, 3.8) is 0 Å². The Morgan fingerprint density at radius 3 is 2.46 bits per heavy atom. The van der Waals surface area contributed by atoms with Crippen molar-refractivity contribution >= 4 is 11.8 Å². The molecule has 2 nitrogen and oxygen atoms in total. The minimum atomic E-state index is 0.381. The summed E-state index contributed by atoms with van der Waals surface area (Å²) in [6.45, 7) is 6.25. The molecule has 0 atom stereocenters. The van der Waals surface area contributed by atoms with Gasteiger partial charge in [0, 0.05) is 18.9 Å². The molecule has 0 bridgehead atoms. The van der Waals surface area contributed by atoms with E-state index in [4.69, 9.17) is 4.74 Å². The van der Waals surface area contributed by atoms with E-state index in [1.165, 1.54) is 24.5 Å². The molecule has 0 unspecified atom stereocenters. The van der Waals surface area contributed by atoms with Gasteiger partial charge in [0.25, 0.3) is 0 Å². The van der Waals surface area contributed by atoms with E-state index in [1.54, 1.807) is 0 Å². The highest BCUT2D eigenvalue weighted by Gasteiger charge is 1.94. The number of ether oxygens (including phenoxy) is 1. The predicted octanol–water partition coefficient (Wildman–Crippen LogP) is 2.10. The Kier molecular flexibility index (Phi) is 9.03. The lowest BCUT2D eigenvalue weighted by molar-refractivity contribution is 0.0800. The fourth-order valence-corrected chi connectivity index (χ4v) is 1.85. The Labute approximate surface area is 87.0 Å². The topological polar surface area (TPSA) is 12.5 Å². The zero-order chi connectivity index (χ0) is 10.1. The highest BCUT2D eigenvalue weighted by molar-refractivity contribution is 7.99. The summed E-state index contributed by atoms with van der Waals surface area (Å²) in [6, 6.07) is 0. The Bertz CT molecular complexity index is 95.1. The fourth-order valence-electron chi connectivity index (χ4n) is 0.829. The van der Waals surface area contributed by atoms with Crippen molar-refractivity contribution in [2.45, 2.75) is 26.4 Å². The van der Waals surface area contributed by atoms with E-state index in [-0.39, 0.29) is 0 Å². The number of thioether (sulfide) groups is 1. The molecule has 0 amide bonds. The third-order valence-corrected chi connectivity index (χ3v) is 2.62. The molecule has 0 rings (SSSR count). The molecule has 0 N–H and O–H groups in total. The number of hydrogen-bond donors (Lipinski definition) is 0. The first-order valence-electron chi connectivity index (χ1n) is 4.97. The fraction of sp³-hybridized carbons (Fsp3) is 1.00. The predicted molar refractivity (Wildman–Crippen MR) is 61.6 cm³/mol. The molecule has 0 saturated carbocycles. The highest BCUT2D eigenvalue weighted by atomic mass is 32.2. The molecule has 0 aliphatic rings. The number of nitrogens with zero attached hydrogens (tertiary/aromatic N) is 1. The summed E-state index contributed by atoms with van der Waals surface area (Å²) < 4.78 is 5.45. The maximum Gasteiger partial charge on any atom is 0.0518 e. The summed E-state index contributed by atoms with van der Waals surface area (Å²) in [5.74, 6) is 2.45. The van der Waals surface area contributed by atoms with E-state index in [2.05, 4.69) is 32.8 Å². The van der Waals surface area contributed by atoms with Gasteiger partial charge in [0.2, 0.25) is 0 Å². The van der Waals surface area contributed by atoms with Gasteiger partial charge in [-0.2, -0.15) is 11.8 Å². The molecule has 80 valence electrons. The standard InChI is InChI=1S/C10H23NOS/c1-10(2)12-7-5-8-13-9-6-11(3)4/h10H,5-9H2,1-4H3. The van der Waals surface area contributed by atoms with Crippen LogP contribution in [0.15, 0.2) is 0 Å². The molecular formula is C10H23NOS. The largest absolute Gasteiger partial charge is 0.379 e. The molecule has 0 fully saturated rings. The van der Waals surface area contributed by atoms with E-state index in [1.807, 2.05) is 11.8 Å². The third kappa shape index (κ3) is 12.3. The zero-order valence-electron chi connectivity index (χ0n) is 9.38. The lowest BCUT2D eigenvalue weighted by Gasteiger charge is -2.09. The van der Waals surface area contributed by atoms with Crippen molar-refractivity contribution in [1.29, 1.82) is 0 Å². The van der Waals surface area contributed by atoms with E-state index in [0.29, 0.717) is 6.10 Å². The van der Waals surface area contributed by atoms with Crippen LogP contribution in [0.4, 0.5) is 0 Å². The van der Waals surface area contributed by atoms with E-state index in [9.17, 15) is 0 Å². The van der Waals surface area contributed by atoms with Crippen LogP contribution in [0.1, 0.15) is 20.3 Å². The van der Waals surface area contributed by atoms with Gasteiger partial charge in [0.05, 0.1) is 6.10 Å². The lowest BCUT2D eigenvalue weighted by Crippen LogP contribution is -2.15. The average molecular weight is 205 g/mol. The van der Waals surface area contributed by atoms with Crippen LogP contribution in [0.5, 0.6) is 0 Å². The second kappa shape index (κ2) is 8.85. The molecule has 0 saturated heterocycles. The van der Waals surface area contributed by atoms with Gasteiger partial charge >= 0.3 is 0 Å². The molecule has 0 aromatic heterocycles. The van der Waals surface area contributed by atoms with Crippen molar-refractivity contribution in [3.05, 3.63) is 0 Å². The van der Waals surface area contributed by atoms with Crippen LogP contribution in [-0.2, 0) is 4.74 Å². The van der Waals surface area contributed by atoms with Crippen LogP contribution < -0.4 is 0 Å². The molecule has 0 aliphatic carbocycles. The van der Waals surface area contributed by atoms with Gasteiger partial charge < -0.3 is 9.64 Å². The van der Waals surface area contributed by atoms with Crippen LogP contribution >= 0.6 is 11.8 Å². The van der Waals surface area contributed by atoms with Gasteiger partial charge in [-0.05, 0) is 40.1 Å². The molecule has 0 aromatic carbocycles. The second-order valence-corrected chi connectivity index (χ2v) is 4.91. The van der Waals surface area contributed by atoms with Gasteiger partial charge in [-0.25, -0.2) is 0 Å². The van der Waals surface area contributed by atoms with Crippen LogP contribution in [-0.4, -0.2) is 49.8 Å². The second-order valence-electron chi connectivity index (χ2n) is 3.69.